The summed E-state index contributed by atoms with van der Waals surface area (Å²) < 4.78 is 0. The van der Waals surface area contributed by atoms with Gasteiger partial charge in [0.25, 0.3) is 0 Å². The van der Waals surface area contributed by atoms with Crippen LogP contribution in [0.4, 0.5) is 5.82 Å². The van der Waals surface area contributed by atoms with Gasteiger partial charge in [-0.05, 0) is 43.2 Å². The summed E-state index contributed by atoms with van der Waals surface area (Å²) in [7, 11) is 0. The summed E-state index contributed by atoms with van der Waals surface area (Å²) in [5.74, 6) is 0.299. The first kappa shape index (κ1) is 20.2. The number of carbonyl (C=O) groups is 2. The summed E-state index contributed by atoms with van der Waals surface area (Å²) in [5, 5.41) is 6.91. The van der Waals surface area contributed by atoms with Gasteiger partial charge in [0.05, 0.1) is 0 Å². The zero-order valence-corrected chi connectivity index (χ0v) is 17.4. The first-order valence-electron chi connectivity index (χ1n) is 9.35. The number of amides is 2. The van der Waals surface area contributed by atoms with Gasteiger partial charge in [-0.1, -0.05) is 44.0 Å². The van der Waals surface area contributed by atoms with E-state index >= 15 is 0 Å². The van der Waals surface area contributed by atoms with Crippen LogP contribution in [0.2, 0.25) is 10.2 Å². The smallest absolute Gasteiger partial charge is 0.246 e. The van der Waals surface area contributed by atoms with Crippen LogP contribution in [0.15, 0.2) is 12.1 Å². The van der Waals surface area contributed by atoms with Crippen LogP contribution >= 0.6 is 23.2 Å². The van der Waals surface area contributed by atoms with E-state index in [1.165, 1.54) is 0 Å². The van der Waals surface area contributed by atoms with Gasteiger partial charge in [-0.15, -0.1) is 0 Å². The van der Waals surface area contributed by atoms with Gasteiger partial charge in [0.2, 0.25) is 11.8 Å². The second kappa shape index (κ2) is 7.84. The Labute approximate surface area is 170 Å². The van der Waals surface area contributed by atoms with Crippen molar-refractivity contribution in [2.45, 2.75) is 64.6 Å². The standard InChI is InChI=1S/C19H26Cl2N4O2/c1-19(2,3)16(24-15-10-11(20)9-14(21)23-15)18(27)25-8-4-5-13(25)17(26)22-12-6-7-12/h9-10,12-13,16H,4-8H2,1-3H3,(H,22,26)(H,23,24)/t13-,16?/m0/s1. The first-order valence-corrected chi connectivity index (χ1v) is 10.1. The fraction of sp³-hybridized carbons (Fsp3) is 0.632. The van der Waals surface area contributed by atoms with Crippen LogP contribution in [0.5, 0.6) is 0 Å². The number of hydrogen-bond donors (Lipinski definition) is 2. The molecule has 2 atom stereocenters. The van der Waals surface area contributed by atoms with Crippen LogP contribution in [0.3, 0.4) is 0 Å². The van der Waals surface area contributed by atoms with Crippen molar-refractivity contribution in [2.24, 2.45) is 5.41 Å². The minimum absolute atomic E-state index is 0.0417. The Kier molecular flexibility index (Phi) is 5.87. The van der Waals surface area contributed by atoms with Crippen molar-refractivity contribution < 1.29 is 9.59 Å². The first-order chi connectivity index (χ1) is 12.6. The number of nitrogens with one attached hydrogen (secondary N) is 2. The highest BCUT2D eigenvalue weighted by atomic mass is 35.5. The zero-order valence-electron chi connectivity index (χ0n) is 15.9. The van der Waals surface area contributed by atoms with E-state index in [0.717, 1.165) is 19.3 Å². The summed E-state index contributed by atoms with van der Waals surface area (Å²) in [6, 6.07) is 2.50. The lowest BCUT2D eigenvalue weighted by molar-refractivity contribution is -0.140. The highest BCUT2D eigenvalue weighted by molar-refractivity contribution is 6.34. The highest BCUT2D eigenvalue weighted by Gasteiger charge is 2.42. The fourth-order valence-corrected chi connectivity index (χ4v) is 3.80. The second-order valence-electron chi connectivity index (χ2n) is 8.41. The molecular weight excluding hydrogens is 387 g/mol. The number of likely N-dealkylation sites (tertiary alicyclic amines) is 1. The Morgan fingerprint density at radius 3 is 2.52 bits per heavy atom. The van der Waals surface area contributed by atoms with Crippen LogP contribution in [0.1, 0.15) is 46.5 Å². The van der Waals surface area contributed by atoms with E-state index in [0.29, 0.717) is 23.8 Å². The lowest BCUT2D eigenvalue weighted by Crippen LogP contribution is -2.54. The van der Waals surface area contributed by atoms with Crippen molar-refractivity contribution in [1.29, 1.82) is 0 Å². The maximum absolute atomic E-state index is 13.4. The molecule has 0 bridgehead atoms. The van der Waals surface area contributed by atoms with Crippen molar-refractivity contribution in [3.63, 3.8) is 0 Å². The molecule has 1 aliphatic heterocycles. The third-order valence-electron chi connectivity index (χ3n) is 4.93. The topological polar surface area (TPSA) is 74.3 Å². The van der Waals surface area contributed by atoms with E-state index in [1.54, 1.807) is 17.0 Å². The third kappa shape index (κ3) is 5.05. The maximum Gasteiger partial charge on any atom is 0.246 e. The summed E-state index contributed by atoms with van der Waals surface area (Å²) >= 11 is 12.1. The second-order valence-corrected chi connectivity index (χ2v) is 9.23. The fourth-order valence-electron chi connectivity index (χ4n) is 3.33. The number of anilines is 1. The summed E-state index contributed by atoms with van der Waals surface area (Å²) in [4.78, 5) is 31.8. The van der Waals surface area contributed by atoms with Gasteiger partial charge in [0.15, 0.2) is 0 Å². The average Bonchev–Trinajstić information content (AvgIpc) is 3.22. The Hall–Kier alpha value is -1.53. The Morgan fingerprint density at radius 2 is 1.93 bits per heavy atom. The van der Waals surface area contributed by atoms with Crippen LogP contribution in [0.25, 0.3) is 0 Å². The number of carbonyl (C=O) groups excluding carboxylic acids is 2. The number of pyridine rings is 1. The lowest BCUT2D eigenvalue weighted by atomic mass is 9.85. The number of aromatic nitrogens is 1. The molecular formula is C19H26Cl2N4O2. The Bertz CT molecular complexity index is 711. The normalized spacial score (nSPS) is 21.1. The Balaban J connectivity index is 1.79. The van der Waals surface area contributed by atoms with E-state index in [4.69, 9.17) is 23.2 Å². The molecule has 1 aliphatic carbocycles. The van der Waals surface area contributed by atoms with Crippen LogP contribution in [-0.4, -0.2) is 46.4 Å². The molecule has 1 aromatic heterocycles. The molecule has 8 heteroatoms. The molecule has 2 fully saturated rings. The molecule has 0 radical (unpaired) electrons. The van der Waals surface area contributed by atoms with Gasteiger partial charge in [-0.2, -0.15) is 0 Å². The molecule has 1 saturated heterocycles. The zero-order chi connectivity index (χ0) is 19.8. The van der Waals surface area contributed by atoms with Crippen molar-refractivity contribution in [2.75, 3.05) is 11.9 Å². The number of rotatable bonds is 5. The summed E-state index contributed by atoms with van der Waals surface area (Å²) in [5.41, 5.74) is -0.395. The van der Waals surface area contributed by atoms with Gasteiger partial charge >= 0.3 is 0 Å². The van der Waals surface area contributed by atoms with Gasteiger partial charge < -0.3 is 15.5 Å². The molecule has 6 nitrogen and oxygen atoms in total. The number of hydrogen-bond acceptors (Lipinski definition) is 4. The maximum atomic E-state index is 13.4. The SMILES string of the molecule is CC(C)(C)C(Nc1cc(Cl)cc(Cl)n1)C(=O)N1CCC[C@H]1C(=O)NC1CC1. The number of halogens is 2. The minimum atomic E-state index is -0.561. The van der Waals surface area contributed by atoms with Crippen molar-refractivity contribution in [3.8, 4) is 0 Å². The van der Waals surface area contributed by atoms with Crippen LogP contribution in [0, 0.1) is 5.41 Å². The molecule has 2 aliphatic rings. The van der Waals surface area contributed by atoms with Gasteiger partial charge in [0.1, 0.15) is 23.1 Å². The van der Waals surface area contributed by atoms with E-state index < -0.39 is 17.5 Å². The molecule has 2 heterocycles. The predicted octanol–water partition coefficient (Wildman–Crippen LogP) is 3.48. The minimum Gasteiger partial charge on any atom is -0.358 e. The summed E-state index contributed by atoms with van der Waals surface area (Å²) in [6.07, 6.45) is 3.58. The van der Waals surface area contributed by atoms with Crippen LogP contribution in [-0.2, 0) is 9.59 Å². The van der Waals surface area contributed by atoms with E-state index in [9.17, 15) is 9.59 Å². The van der Waals surface area contributed by atoms with Gasteiger partial charge in [-0.3, -0.25) is 9.59 Å². The quantitative estimate of drug-likeness (QED) is 0.725. The van der Waals surface area contributed by atoms with Gasteiger partial charge in [0, 0.05) is 17.6 Å². The molecule has 148 valence electrons. The molecule has 1 aromatic rings. The molecule has 27 heavy (non-hydrogen) atoms. The number of nitrogens with zero attached hydrogens (tertiary/aromatic N) is 2. The van der Waals surface area contributed by atoms with E-state index in [2.05, 4.69) is 15.6 Å². The predicted molar refractivity (Wildman–Crippen MR) is 107 cm³/mol. The average molecular weight is 413 g/mol. The molecule has 0 spiro atoms. The highest BCUT2D eigenvalue weighted by Crippen LogP contribution is 2.29. The monoisotopic (exact) mass is 412 g/mol. The van der Waals surface area contributed by atoms with E-state index in [-0.39, 0.29) is 23.0 Å². The van der Waals surface area contributed by atoms with Crippen molar-refractivity contribution in [1.82, 2.24) is 15.2 Å². The third-order valence-corrected chi connectivity index (χ3v) is 5.34. The molecule has 2 N–H and O–H groups in total. The van der Waals surface area contributed by atoms with Gasteiger partial charge in [-0.25, -0.2) is 4.98 Å². The Morgan fingerprint density at radius 1 is 1.22 bits per heavy atom. The van der Waals surface area contributed by atoms with Crippen molar-refractivity contribution >= 4 is 40.8 Å². The largest absolute Gasteiger partial charge is 0.358 e. The molecule has 3 rings (SSSR count). The molecule has 1 unspecified atom stereocenters. The molecule has 2 amide bonds. The molecule has 1 saturated carbocycles. The van der Waals surface area contributed by atoms with E-state index in [1.807, 2.05) is 20.8 Å². The molecule has 0 aromatic carbocycles. The van der Waals surface area contributed by atoms with Crippen molar-refractivity contribution in [3.05, 3.63) is 22.3 Å². The van der Waals surface area contributed by atoms with Crippen LogP contribution < -0.4 is 10.6 Å². The summed E-state index contributed by atoms with van der Waals surface area (Å²) in [6.45, 7) is 6.51. The lowest BCUT2D eigenvalue weighted by Gasteiger charge is -2.35.